The lowest BCUT2D eigenvalue weighted by atomic mass is 10.1. The van der Waals surface area contributed by atoms with Crippen molar-refractivity contribution in [3.63, 3.8) is 0 Å². The Bertz CT molecular complexity index is 1160. The summed E-state index contributed by atoms with van der Waals surface area (Å²) in [7, 11) is -4.06. The largest absolute Gasteiger partial charge is 0.468 e. The van der Waals surface area contributed by atoms with Crippen LogP contribution in [0.4, 0.5) is 8.78 Å². The van der Waals surface area contributed by atoms with E-state index < -0.39 is 39.3 Å². The molecule has 0 spiro atoms. The number of benzene rings is 2. The highest BCUT2D eigenvalue weighted by Crippen LogP contribution is 2.29. The predicted octanol–water partition coefficient (Wildman–Crippen LogP) is 2.55. The molecule has 3 rings (SSSR count). The van der Waals surface area contributed by atoms with Gasteiger partial charge in [0, 0.05) is 13.1 Å². The Balaban J connectivity index is 1.61. The van der Waals surface area contributed by atoms with E-state index in [9.17, 15) is 26.8 Å². The fourth-order valence-electron chi connectivity index (χ4n) is 2.94. The van der Waals surface area contributed by atoms with E-state index in [-0.39, 0.29) is 23.0 Å². The van der Waals surface area contributed by atoms with Crippen molar-refractivity contribution < 1.29 is 31.2 Å². The third-order valence-electron chi connectivity index (χ3n) is 4.64. The highest BCUT2D eigenvalue weighted by molar-refractivity contribution is 7.91. The Morgan fingerprint density at radius 1 is 0.875 bits per heavy atom. The highest BCUT2D eigenvalue weighted by atomic mass is 32.2. The van der Waals surface area contributed by atoms with Crippen molar-refractivity contribution in [1.29, 1.82) is 0 Å². The van der Waals surface area contributed by atoms with Crippen LogP contribution in [0.25, 0.3) is 0 Å². The Morgan fingerprint density at radius 2 is 1.47 bits per heavy atom. The smallest absolute Gasteiger partial charge is 0.309 e. The normalized spacial score (nSPS) is 12.2. The van der Waals surface area contributed by atoms with Gasteiger partial charge in [0.1, 0.15) is 22.6 Å². The molecule has 0 radical (unpaired) electrons. The summed E-state index contributed by atoms with van der Waals surface area (Å²) in [6.45, 7) is -0.301. The summed E-state index contributed by atoms with van der Waals surface area (Å²) in [5.74, 6) is -2.87. The fourth-order valence-corrected chi connectivity index (χ4v) is 4.53. The van der Waals surface area contributed by atoms with Gasteiger partial charge < -0.3 is 15.1 Å². The molecular weight excluding hydrogens is 442 g/mol. The standard InChI is InChI=1S/C22H20F2N2O5S/c23-16-5-3-15(4-6-16)11-12-25-21(27)22(28)26-14-20(19-2-1-13-31-19)32(29,30)18-9-7-17(24)8-10-18/h1-10,13,20H,11-12,14H2,(H,25,27)(H,26,28)/t20-/m1/s1. The number of nitrogens with one attached hydrogen (secondary N) is 2. The lowest BCUT2D eigenvalue weighted by Crippen LogP contribution is -2.42. The van der Waals surface area contributed by atoms with Crippen molar-refractivity contribution >= 4 is 21.7 Å². The minimum atomic E-state index is -4.06. The van der Waals surface area contributed by atoms with Gasteiger partial charge in [-0.25, -0.2) is 17.2 Å². The van der Waals surface area contributed by atoms with Crippen LogP contribution < -0.4 is 10.6 Å². The molecule has 2 N–H and O–H groups in total. The number of hydrogen-bond acceptors (Lipinski definition) is 5. The Labute approximate surface area is 183 Å². The maximum absolute atomic E-state index is 13.2. The first-order valence-corrected chi connectivity index (χ1v) is 11.2. The molecule has 0 aliphatic rings. The molecule has 1 aromatic heterocycles. The second-order valence-electron chi connectivity index (χ2n) is 6.85. The van der Waals surface area contributed by atoms with E-state index in [0.717, 1.165) is 29.8 Å². The molecule has 1 heterocycles. The predicted molar refractivity (Wildman–Crippen MR) is 111 cm³/mol. The average molecular weight is 462 g/mol. The van der Waals surface area contributed by atoms with E-state index in [1.807, 2.05) is 0 Å². The van der Waals surface area contributed by atoms with E-state index in [4.69, 9.17) is 4.42 Å². The molecule has 32 heavy (non-hydrogen) atoms. The van der Waals surface area contributed by atoms with Gasteiger partial charge in [-0.05, 0) is 60.5 Å². The van der Waals surface area contributed by atoms with Crippen LogP contribution in [0, 0.1) is 11.6 Å². The first kappa shape index (κ1) is 23.1. The van der Waals surface area contributed by atoms with Gasteiger partial charge in [0.05, 0.1) is 11.2 Å². The van der Waals surface area contributed by atoms with E-state index in [1.165, 1.54) is 30.5 Å². The van der Waals surface area contributed by atoms with Gasteiger partial charge >= 0.3 is 11.8 Å². The number of amides is 2. The second-order valence-corrected chi connectivity index (χ2v) is 8.98. The van der Waals surface area contributed by atoms with Crippen molar-refractivity contribution in [2.24, 2.45) is 0 Å². The number of hydrogen-bond donors (Lipinski definition) is 2. The number of rotatable bonds is 8. The van der Waals surface area contributed by atoms with Gasteiger partial charge in [-0.1, -0.05) is 12.1 Å². The maximum Gasteiger partial charge on any atom is 0.309 e. The van der Waals surface area contributed by atoms with Crippen LogP contribution in [0.5, 0.6) is 0 Å². The molecular formula is C22H20F2N2O5S. The zero-order chi connectivity index (χ0) is 23.1. The van der Waals surface area contributed by atoms with Gasteiger partial charge in [-0.2, -0.15) is 0 Å². The molecule has 1 atom stereocenters. The minimum Gasteiger partial charge on any atom is -0.468 e. The zero-order valence-electron chi connectivity index (χ0n) is 16.8. The first-order chi connectivity index (χ1) is 15.3. The molecule has 0 saturated carbocycles. The van der Waals surface area contributed by atoms with Crippen LogP contribution in [0.2, 0.25) is 0 Å². The molecule has 168 valence electrons. The number of carbonyl (C=O) groups excluding carboxylic acids is 2. The maximum atomic E-state index is 13.2. The zero-order valence-corrected chi connectivity index (χ0v) is 17.6. The Morgan fingerprint density at radius 3 is 2.06 bits per heavy atom. The lowest BCUT2D eigenvalue weighted by Gasteiger charge is -2.16. The summed E-state index contributed by atoms with van der Waals surface area (Å²) in [5, 5.41) is 3.40. The van der Waals surface area contributed by atoms with Gasteiger partial charge in [-0.3, -0.25) is 9.59 Å². The summed E-state index contributed by atoms with van der Waals surface area (Å²) >= 11 is 0. The van der Waals surface area contributed by atoms with Crippen LogP contribution in [0.3, 0.4) is 0 Å². The van der Waals surface area contributed by atoms with Crippen molar-refractivity contribution in [3.8, 4) is 0 Å². The topological polar surface area (TPSA) is 105 Å². The number of furan rings is 1. The van der Waals surface area contributed by atoms with Crippen molar-refractivity contribution in [2.75, 3.05) is 13.1 Å². The average Bonchev–Trinajstić information content (AvgIpc) is 3.29. The number of halogens is 2. The van der Waals surface area contributed by atoms with E-state index in [0.29, 0.717) is 6.42 Å². The van der Waals surface area contributed by atoms with Gasteiger partial charge in [0.25, 0.3) is 0 Å². The molecule has 0 aliphatic heterocycles. The number of sulfone groups is 1. The quantitative estimate of drug-likeness (QED) is 0.395. The summed E-state index contributed by atoms with van der Waals surface area (Å²) in [5.41, 5.74) is 0.774. The lowest BCUT2D eigenvalue weighted by molar-refractivity contribution is -0.139. The molecule has 3 aromatic rings. The summed E-state index contributed by atoms with van der Waals surface area (Å²) < 4.78 is 57.3. The van der Waals surface area contributed by atoms with E-state index in [1.54, 1.807) is 12.1 Å². The van der Waals surface area contributed by atoms with E-state index >= 15 is 0 Å². The number of carbonyl (C=O) groups is 2. The van der Waals surface area contributed by atoms with Crippen molar-refractivity contribution in [3.05, 3.63) is 89.9 Å². The van der Waals surface area contributed by atoms with Crippen LogP contribution >= 0.6 is 0 Å². The third-order valence-corrected chi connectivity index (χ3v) is 6.72. The first-order valence-electron chi connectivity index (χ1n) is 9.60. The van der Waals surface area contributed by atoms with Crippen LogP contribution in [0.1, 0.15) is 16.6 Å². The summed E-state index contributed by atoms with van der Waals surface area (Å²) in [6, 6.07) is 12.9. The minimum absolute atomic E-state index is 0.0614. The van der Waals surface area contributed by atoms with Crippen LogP contribution in [0.15, 0.2) is 76.2 Å². The molecule has 0 fully saturated rings. The molecule has 0 bridgehead atoms. The van der Waals surface area contributed by atoms with Gasteiger partial charge in [-0.15, -0.1) is 0 Å². The SMILES string of the molecule is O=C(NCCc1ccc(F)cc1)C(=O)NC[C@H](c1ccco1)S(=O)(=O)c1ccc(F)cc1. The monoisotopic (exact) mass is 462 g/mol. The fraction of sp³-hybridized carbons (Fsp3) is 0.182. The molecule has 10 heteroatoms. The molecule has 2 aromatic carbocycles. The summed E-state index contributed by atoms with van der Waals surface area (Å²) in [6.07, 6.45) is 1.67. The van der Waals surface area contributed by atoms with Crippen molar-refractivity contribution in [1.82, 2.24) is 10.6 Å². The second kappa shape index (κ2) is 10.2. The molecule has 7 nitrogen and oxygen atoms in total. The van der Waals surface area contributed by atoms with Crippen molar-refractivity contribution in [2.45, 2.75) is 16.6 Å². The summed E-state index contributed by atoms with van der Waals surface area (Å²) in [4.78, 5) is 24.1. The van der Waals surface area contributed by atoms with Gasteiger partial charge in [0.15, 0.2) is 9.84 Å². The Hall–Kier alpha value is -3.53. The molecule has 2 amide bonds. The highest BCUT2D eigenvalue weighted by Gasteiger charge is 2.32. The molecule has 0 saturated heterocycles. The van der Waals surface area contributed by atoms with Crippen LogP contribution in [-0.2, 0) is 25.8 Å². The third kappa shape index (κ3) is 5.79. The van der Waals surface area contributed by atoms with Crippen LogP contribution in [-0.4, -0.2) is 33.3 Å². The van der Waals surface area contributed by atoms with Gasteiger partial charge in [0.2, 0.25) is 0 Å². The molecule has 0 unspecified atom stereocenters. The Kier molecular flexibility index (Phi) is 7.37. The van der Waals surface area contributed by atoms with E-state index in [2.05, 4.69) is 10.6 Å². The molecule has 0 aliphatic carbocycles.